The van der Waals surface area contributed by atoms with Crippen LogP contribution in [0.15, 0.2) is 42.6 Å². The molecule has 4 rings (SSSR count). The molecule has 2 aliphatic rings. The van der Waals surface area contributed by atoms with Crippen molar-refractivity contribution in [3.63, 3.8) is 0 Å². The fourth-order valence-electron chi connectivity index (χ4n) is 3.52. The second kappa shape index (κ2) is 6.24. The second-order valence-corrected chi connectivity index (χ2v) is 6.50. The number of anilines is 2. The van der Waals surface area contributed by atoms with Gasteiger partial charge >= 0.3 is 0 Å². The Morgan fingerprint density at radius 1 is 1.00 bits per heavy atom. The van der Waals surface area contributed by atoms with E-state index in [0.717, 1.165) is 45.0 Å². The molecular formula is C19H22N4O. The third kappa shape index (κ3) is 2.65. The van der Waals surface area contributed by atoms with Gasteiger partial charge in [-0.3, -0.25) is 4.79 Å². The Bertz CT molecular complexity index is 753. The van der Waals surface area contributed by atoms with Crippen LogP contribution in [-0.4, -0.2) is 60.5 Å². The standard InChI is InChI=1S/C19H22N4O/c1-21-11-13-22(14-12-21)19(24)16-6-4-9-20-18(16)23-10-8-15-5-2-3-7-17(15)23/h2-7,9H,8,10-14H2,1H3. The highest BCUT2D eigenvalue weighted by Crippen LogP contribution is 2.35. The number of piperazine rings is 1. The monoisotopic (exact) mass is 322 g/mol. The molecule has 0 atom stereocenters. The largest absolute Gasteiger partial charge is 0.336 e. The minimum atomic E-state index is 0.0931. The third-order valence-electron chi connectivity index (χ3n) is 4.95. The van der Waals surface area contributed by atoms with Crippen LogP contribution >= 0.6 is 0 Å². The molecule has 0 bridgehead atoms. The maximum absolute atomic E-state index is 13.0. The minimum Gasteiger partial charge on any atom is -0.336 e. The highest BCUT2D eigenvalue weighted by atomic mass is 16.2. The zero-order valence-electron chi connectivity index (χ0n) is 14.0. The average Bonchev–Trinajstić information content (AvgIpc) is 3.06. The van der Waals surface area contributed by atoms with Crippen molar-refractivity contribution in [2.45, 2.75) is 6.42 Å². The number of amides is 1. The van der Waals surface area contributed by atoms with E-state index in [4.69, 9.17) is 0 Å². The molecule has 0 N–H and O–H groups in total. The molecule has 0 spiro atoms. The molecule has 1 amide bonds. The van der Waals surface area contributed by atoms with E-state index in [1.165, 1.54) is 11.3 Å². The number of hydrogen-bond donors (Lipinski definition) is 0. The minimum absolute atomic E-state index is 0.0931. The van der Waals surface area contributed by atoms with Gasteiger partial charge in [-0.2, -0.15) is 0 Å². The van der Waals surface area contributed by atoms with Crippen LogP contribution in [0.1, 0.15) is 15.9 Å². The van der Waals surface area contributed by atoms with Crippen molar-refractivity contribution in [3.05, 3.63) is 53.7 Å². The molecule has 1 fully saturated rings. The summed E-state index contributed by atoms with van der Waals surface area (Å²) in [6, 6.07) is 12.1. The number of benzene rings is 1. The summed E-state index contributed by atoms with van der Waals surface area (Å²) in [6.07, 6.45) is 2.77. The Morgan fingerprint density at radius 3 is 2.62 bits per heavy atom. The van der Waals surface area contributed by atoms with E-state index in [0.29, 0.717) is 5.56 Å². The molecule has 1 saturated heterocycles. The SMILES string of the molecule is CN1CCN(C(=O)c2cccnc2N2CCc3ccccc32)CC1. The molecule has 1 aromatic heterocycles. The summed E-state index contributed by atoms with van der Waals surface area (Å²) in [5.41, 5.74) is 3.20. The molecule has 3 heterocycles. The highest BCUT2D eigenvalue weighted by molar-refractivity contribution is 6.00. The predicted octanol–water partition coefficient (Wildman–Crippen LogP) is 2.16. The van der Waals surface area contributed by atoms with Gasteiger partial charge in [-0.25, -0.2) is 4.98 Å². The molecule has 24 heavy (non-hydrogen) atoms. The van der Waals surface area contributed by atoms with Crippen molar-refractivity contribution in [1.29, 1.82) is 0 Å². The van der Waals surface area contributed by atoms with Crippen LogP contribution < -0.4 is 4.90 Å². The molecule has 0 aliphatic carbocycles. The maximum Gasteiger partial charge on any atom is 0.257 e. The molecule has 5 nitrogen and oxygen atoms in total. The molecule has 5 heteroatoms. The molecule has 0 unspecified atom stereocenters. The zero-order valence-corrected chi connectivity index (χ0v) is 14.0. The van der Waals surface area contributed by atoms with Crippen LogP contribution in [0.5, 0.6) is 0 Å². The molecule has 2 aromatic rings. The normalized spacial score (nSPS) is 17.9. The van der Waals surface area contributed by atoms with E-state index in [2.05, 4.69) is 40.0 Å². The van der Waals surface area contributed by atoms with Crippen molar-refractivity contribution >= 4 is 17.4 Å². The van der Waals surface area contributed by atoms with Gasteiger partial charge in [0.05, 0.1) is 5.56 Å². The lowest BCUT2D eigenvalue weighted by Gasteiger charge is -2.33. The van der Waals surface area contributed by atoms with E-state index >= 15 is 0 Å². The van der Waals surface area contributed by atoms with Crippen LogP contribution in [-0.2, 0) is 6.42 Å². The Kier molecular flexibility index (Phi) is 3.94. The number of fused-ring (bicyclic) bond motifs is 1. The lowest BCUT2D eigenvalue weighted by Crippen LogP contribution is -2.47. The zero-order chi connectivity index (χ0) is 16.5. The van der Waals surface area contributed by atoms with Crippen LogP contribution in [0.3, 0.4) is 0 Å². The third-order valence-corrected chi connectivity index (χ3v) is 4.95. The lowest BCUT2D eigenvalue weighted by atomic mass is 10.1. The molecule has 124 valence electrons. The number of para-hydroxylation sites is 1. The molecule has 0 saturated carbocycles. The summed E-state index contributed by atoms with van der Waals surface area (Å²) in [4.78, 5) is 24.0. The predicted molar refractivity (Wildman–Crippen MR) is 94.8 cm³/mol. The first kappa shape index (κ1) is 15.1. The van der Waals surface area contributed by atoms with Crippen molar-refractivity contribution < 1.29 is 4.79 Å². The Hall–Kier alpha value is -2.40. The van der Waals surface area contributed by atoms with Gasteiger partial charge in [0.1, 0.15) is 5.82 Å². The van der Waals surface area contributed by atoms with Crippen LogP contribution in [0, 0.1) is 0 Å². The van der Waals surface area contributed by atoms with Crippen molar-refractivity contribution in [2.24, 2.45) is 0 Å². The highest BCUT2D eigenvalue weighted by Gasteiger charge is 2.28. The van der Waals surface area contributed by atoms with Gasteiger partial charge in [0, 0.05) is 44.6 Å². The van der Waals surface area contributed by atoms with E-state index in [9.17, 15) is 4.79 Å². The van der Waals surface area contributed by atoms with E-state index in [1.54, 1.807) is 6.20 Å². The summed E-state index contributed by atoms with van der Waals surface area (Å²) in [6.45, 7) is 4.28. The summed E-state index contributed by atoms with van der Waals surface area (Å²) in [7, 11) is 2.10. The number of nitrogens with zero attached hydrogens (tertiary/aromatic N) is 4. The van der Waals surface area contributed by atoms with Gasteiger partial charge in [-0.1, -0.05) is 18.2 Å². The van der Waals surface area contributed by atoms with Crippen molar-refractivity contribution in [2.75, 3.05) is 44.7 Å². The van der Waals surface area contributed by atoms with Crippen LogP contribution in [0.25, 0.3) is 0 Å². The smallest absolute Gasteiger partial charge is 0.257 e. The van der Waals surface area contributed by atoms with Gasteiger partial charge in [0.2, 0.25) is 0 Å². The molecule has 1 aromatic carbocycles. The number of pyridine rings is 1. The van der Waals surface area contributed by atoms with E-state index in [-0.39, 0.29) is 5.91 Å². The first-order chi connectivity index (χ1) is 11.7. The Labute approximate surface area is 142 Å². The van der Waals surface area contributed by atoms with E-state index < -0.39 is 0 Å². The fraction of sp³-hybridized carbons (Fsp3) is 0.368. The van der Waals surface area contributed by atoms with Gasteiger partial charge in [-0.15, -0.1) is 0 Å². The topological polar surface area (TPSA) is 39.7 Å². The van der Waals surface area contributed by atoms with Gasteiger partial charge in [0.25, 0.3) is 5.91 Å². The summed E-state index contributed by atoms with van der Waals surface area (Å²) in [5.74, 6) is 0.877. The maximum atomic E-state index is 13.0. The van der Waals surface area contributed by atoms with Crippen LogP contribution in [0.2, 0.25) is 0 Å². The summed E-state index contributed by atoms with van der Waals surface area (Å²) >= 11 is 0. The number of hydrogen-bond acceptors (Lipinski definition) is 4. The van der Waals surface area contributed by atoms with Crippen LogP contribution in [0.4, 0.5) is 11.5 Å². The number of carbonyl (C=O) groups is 1. The van der Waals surface area contributed by atoms with Crippen molar-refractivity contribution in [3.8, 4) is 0 Å². The number of rotatable bonds is 2. The lowest BCUT2D eigenvalue weighted by molar-refractivity contribution is 0.0664. The number of likely N-dealkylation sites (N-methyl/N-ethyl adjacent to an activating group) is 1. The Morgan fingerprint density at radius 2 is 1.79 bits per heavy atom. The summed E-state index contributed by atoms with van der Waals surface area (Å²) in [5, 5.41) is 0. The first-order valence-corrected chi connectivity index (χ1v) is 8.52. The first-order valence-electron chi connectivity index (χ1n) is 8.52. The quantitative estimate of drug-likeness (QED) is 0.849. The molecule has 2 aliphatic heterocycles. The van der Waals surface area contributed by atoms with Crippen molar-refractivity contribution in [1.82, 2.24) is 14.8 Å². The second-order valence-electron chi connectivity index (χ2n) is 6.50. The number of carbonyl (C=O) groups excluding carboxylic acids is 1. The summed E-state index contributed by atoms with van der Waals surface area (Å²) < 4.78 is 0. The fourth-order valence-corrected chi connectivity index (χ4v) is 3.52. The molecule has 0 radical (unpaired) electrons. The van der Waals surface area contributed by atoms with E-state index in [1.807, 2.05) is 23.1 Å². The Balaban J connectivity index is 1.66. The van der Waals surface area contributed by atoms with Gasteiger partial charge < -0.3 is 14.7 Å². The average molecular weight is 322 g/mol. The number of aromatic nitrogens is 1. The van der Waals surface area contributed by atoms with Gasteiger partial charge in [0.15, 0.2) is 0 Å². The molecular weight excluding hydrogens is 300 g/mol. The van der Waals surface area contributed by atoms with Gasteiger partial charge in [-0.05, 0) is 37.2 Å².